The van der Waals surface area contributed by atoms with Gasteiger partial charge in [-0.1, -0.05) is 117 Å². The van der Waals surface area contributed by atoms with Gasteiger partial charge in [-0.05, 0) is 74.9 Å². The minimum Gasteiger partial charge on any atom is -0.0838 e. The highest BCUT2D eigenvalue weighted by atomic mass is 35.5. The van der Waals surface area contributed by atoms with Crippen molar-refractivity contribution in [1.82, 2.24) is 0 Å². The first-order chi connectivity index (χ1) is 16.2. The van der Waals surface area contributed by atoms with Gasteiger partial charge in [0.05, 0.1) is 0 Å². The maximum absolute atomic E-state index is 6.49. The van der Waals surface area contributed by atoms with E-state index in [1.54, 1.807) is 0 Å². The molecule has 4 aromatic rings. The van der Waals surface area contributed by atoms with Crippen LogP contribution in [0.5, 0.6) is 0 Å². The van der Waals surface area contributed by atoms with Crippen molar-refractivity contribution in [3.05, 3.63) is 104 Å². The minimum absolute atomic E-state index is 0.851. The quantitative estimate of drug-likeness (QED) is 0.316. The summed E-state index contributed by atoms with van der Waals surface area (Å²) in [7, 11) is 4.43. The Hall–Kier alpha value is -2.41. The molecule has 0 spiro atoms. The van der Waals surface area contributed by atoms with Gasteiger partial charge in [0.15, 0.2) is 14.6 Å². The lowest BCUT2D eigenvalue weighted by Crippen LogP contribution is -2.31. The molecule has 4 rings (SSSR count). The first kappa shape index (κ1) is 24.7. The highest BCUT2D eigenvalue weighted by Gasteiger charge is 2.13. The number of rotatable bonds is 5. The molecule has 0 aliphatic carbocycles. The summed E-state index contributed by atoms with van der Waals surface area (Å²) in [6.07, 6.45) is 0. The molecule has 0 amide bonds. The average Bonchev–Trinajstić information content (AvgIpc) is 2.82. The Kier molecular flexibility index (Phi) is 7.31. The van der Waals surface area contributed by atoms with Gasteiger partial charge in [0.2, 0.25) is 0 Å². The molecule has 0 aromatic heterocycles. The summed E-state index contributed by atoms with van der Waals surface area (Å²) in [5.41, 5.74) is 14.1. The second kappa shape index (κ2) is 10.1. The highest BCUT2D eigenvalue weighted by Crippen LogP contribution is 2.21. The van der Waals surface area contributed by atoms with Crippen LogP contribution in [0, 0.1) is 41.5 Å². The van der Waals surface area contributed by atoms with Crippen LogP contribution in [0.25, 0.3) is 11.1 Å². The van der Waals surface area contributed by atoms with Crippen molar-refractivity contribution in [2.24, 2.45) is 0 Å². The third kappa shape index (κ3) is 4.99. The molecule has 4 aromatic carbocycles. The summed E-state index contributed by atoms with van der Waals surface area (Å²) in [6, 6.07) is 21.7. The molecule has 0 fully saturated rings. The van der Waals surface area contributed by atoms with Crippen molar-refractivity contribution in [3.63, 3.8) is 0 Å². The van der Waals surface area contributed by atoms with Gasteiger partial charge in [-0.15, -0.1) is 0 Å². The Morgan fingerprint density at radius 1 is 0.471 bits per heavy atom. The molecule has 0 nitrogen and oxygen atoms in total. The fourth-order valence-corrected chi connectivity index (χ4v) is 4.99. The molecular formula is C30H28B2Cl2. The van der Waals surface area contributed by atoms with Crippen LogP contribution in [0.4, 0.5) is 0 Å². The largest absolute Gasteiger partial charge is 0.192 e. The van der Waals surface area contributed by atoms with E-state index in [0.29, 0.717) is 0 Å². The van der Waals surface area contributed by atoms with Crippen molar-refractivity contribution in [2.75, 3.05) is 0 Å². The Bertz CT molecular complexity index is 1250. The van der Waals surface area contributed by atoms with E-state index in [-0.39, 0.29) is 0 Å². The molecule has 0 saturated carbocycles. The third-order valence-corrected chi connectivity index (χ3v) is 7.81. The fourth-order valence-electron chi connectivity index (χ4n) is 4.67. The van der Waals surface area contributed by atoms with Gasteiger partial charge in [0.1, 0.15) is 0 Å². The molecule has 2 radical (unpaired) electrons. The van der Waals surface area contributed by atoms with Crippen LogP contribution in [0.2, 0.25) is 10.0 Å². The lowest BCUT2D eigenvalue weighted by Gasteiger charge is -2.14. The van der Waals surface area contributed by atoms with Gasteiger partial charge in [-0.3, -0.25) is 0 Å². The minimum atomic E-state index is 0.851. The lowest BCUT2D eigenvalue weighted by molar-refractivity contribution is 1.35. The predicted molar refractivity (Wildman–Crippen MR) is 153 cm³/mol. The lowest BCUT2D eigenvalue weighted by atomic mass is 9.60. The molecule has 0 N–H and O–H groups in total. The molecule has 0 heterocycles. The zero-order valence-electron chi connectivity index (χ0n) is 20.7. The van der Waals surface area contributed by atoms with E-state index in [9.17, 15) is 0 Å². The van der Waals surface area contributed by atoms with Gasteiger partial charge in [-0.25, -0.2) is 0 Å². The van der Waals surface area contributed by atoms with Crippen molar-refractivity contribution >= 4 is 59.6 Å². The van der Waals surface area contributed by atoms with Crippen molar-refractivity contribution in [2.45, 2.75) is 41.5 Å². The van der Waals surface area contributed by atoms with Crippen LogP contribution >= 0.6 is 23.2 Å². The van der Waals surface area contributed by atoms with Crippen LogP contribution in [0.15, 0.2) is 60.7 Å². The summed E-state index contributed by atoms with van der Waals surface area (Å²) >= 11 is 13.0. The summed E-state index contributed by atoms with van der Waals surface area (Å²) in [6.45, 7) is 12.6. The Morgan fingerprint density at radius 3 is 1.12 bits per heavy atom. The SMILES string of the molecule is Cc1cc(C)c([B]c2ccc(-c3ccc([B]c4c(C)cc(C)c(Cl)c4C)cc3)cc2)c(C)c1Cl. The zero-order chi connectivity index (χ0) is 24.6. The van der Waals surface area contributed by atoms with Crippen molar-refractivity contribution in [3.8, 4) is 11.1 Å². The van der Waals surface area contributed by atoms with E-state index in [2.05, 4.69) is 117 Å². The van der Waals surface area contributed by atoms with E-state index >= 15 is 0 Å². The molecule has 0 aliphatic heterocycles. The summed E-state index contributed by atoms with van der Waals surface area (Å²) < 4.78 is 0. The predicted octanol–water partition coefficient (Wildman–Crippen LogP) is 5.82. The zero-order valence-corrected chi connectivity index (χ0v) is 22.2. The van der Waals surface area contributed by atoms with Gasteiger partial charge in [0.25, 0.3) is 0 Å². The van der Waals surface area contributed by atoms with Gasteiger partial charge in [0, 0.05) is 10.0 Å². The van der Waals surface area contributed by atoms with Crippen LogP contribution in [-0.4, -0.2) is 14.6 Å². The second-order valence-corrected chi connectivity index (χ2v) is 10.0. The average molecular weight is 481 g/mol. The summed E-state index contributed by atoms with van der Waals surface area (Å²) in [5, 5.41) is 1.70. The number of hydrogen-bond donors (Lipinski definition) is 0. The molecule has 0 aliphatic rings. The van der Waals surface area contributed by atoms with Crippen LogP contribution in [-0.2, 0) is 0 Å². The molecule has 0 saturated heterocycles. The first-order valence-electron chi connectivity index (χ1n) is 11.6. The van der Waals surface area contributed by atoms with Gasteiger partial charge < -0.3 is 0 Å². The number of aryl methyl sites for hydroxylation is 4. The smallest absolute Gasteiger partial charge is 0.0838 e. The Labute approximate surface area is 215 Å². The molecular weight excluding hydrogens is 453 g/mol. The fraction of sp³-hybridized carbons (Fsp3) is 0.200. The Balaban J connectivity index is 1.52. The molecule has 168 valence electrons. The van der Waals surface area contributed by atoms with E-state index in [1.165, 1.54) is 44.1 Å². The van der Waals surface area contributed by atoms with Crippen molar-refractivity contribution in [1.29, 1.82) is 0 Å². The molecule has 0 unspecified atom stereocenters. The van der Waals surface area contributed by atoms with Crippen LogP contribution < -0.4 is 21.9 Å². The summed E-state index contributed by atoms with van der Waals surface area (Å²) in [4.78, 5) is 0. The molecule has 0 bridgehead atoms. The topological polar surface area (TPSA) is 0 Å². The van der Waals surface area contributed by atoms with E-state index in [4.69, 9.17) is 23.2 Å². The molecule has 4 heteroatoms. The number of halogens is 2. The van der Waals surface area contributed by atoms with Crippen LogP contribution in [0.3, 0.4) is 0 Å². The number of benzene rings is 4. The maximum Gasteiger partial charge on any atom is 0.192 e. The normalized spacial score (nSPS) is 10.9. The van der Waals surface area contributed by atoms with Crippen molar-refractivity contribution < 1.29 is 0 Å². The second-order valence-electron chi connectivity index (χ2n) is 9.26. The molecule has 34 heavy (non-hydrogen) atoms. The van der Waals surface area contributed by atoms with Gasteiger partial charge in [-0.2, -0.15) is 0 Å². The van der Waals surface area contributed by atoms with E-state index < -0.39 is 0 Å². The third-order valence-electron chi connectivity index (χ3n) is 6.65. The Morgan fingerprint density at radius 2 is 0.794 bits per heavy atom. The number of hydrogen-bond acceptors (Lipinski definition) is 0. The van der Waals surface area contributed by atoms with E-state index in [1.807, 2.05) is 0 Å². The standard InChI is InChI=1S/C30H28B2Cl2/c1-17-15-19(3)29(33)21(5)27(17)31-25-11-7-23(8-12-25)24-9-13-26(14-10-24)32-28-18(2)16-20(4)30(34)22(28)6/h7-16H,1-6H3. The summed E-state index contributed by atoms with van der Waals surface area (Å²) in [5.74, 6) is 0. The maximum atomic E-state index is 6.49. The first-order valence-corrected chi connectivity index (χ1v) is 12.3. The highest BCUT2D eigenvalue weighted by molar-refractivity contribution is 6.69. The van der Waals surface area contributed by atoms with Crippen LogP contribution in [0.1, 0.15) is 33.4 Å². The van der Waals surface area contributed by atoms with E-state index in [0.717, 1.165) is 32.3 Å². The molecule has 0 atom stereocenters. The monoisotopic (exact) mass is 480 g/mol. The van der Waals surface area contributed by atoms with Gasteiger partial charge >= 0.3 is 0 Å².